The second-order valence-corrected chi connectivity index (χ2v) is 5.42. The first-order valence-corrected chi connectivity index (χ1v) is 5.87. The maximum absolute atomic E-state index is 12.9. The highest BCUT2D eigenvalue weighted by Crippen LogP contribution is 2.42. The number of halogens is 5. The Morgan fingerprint density at radius 3 is 1.86 bits per heavy atom. The fourth-order valence-corrected chi connectivity index (χ4v) is 2.11. The van der Waals surface area contributed by atoms with Crippen LogP contribution in [-0.4, -0.2) is 17.3 Å². The smallest absolute Gasteiger partial charge is 0.422 e. The minimum atomic E-state index is -5.28. The Balaban J connectivity index is 3.85. The Hall–Kier alpha value is -1.92. The Morgan fingerprint density at radius 1 is 1.05 bits per heavy atom. The van der Waals surface area contributed by atoms with Crippen molar-refractivity contribution in [3.63, 3.8) is 0 Å². The van der Waals surface area contributed by atoms with E-state index in [-0.39, 0.29) is 5.56 Å². The van der Waals surface area contributed by atoms with Gasteiger partial charge in [-0.2, -0.15) is 22.0 Å². The molecule has 1 aromatic carbocycles. The van der Waals surface area contributed by atoms with Crippen molar-refractivity contribution in [2.75, 3.05) is 0 Å². The van der Waals surface area contributed by atoms with Gasteiger partial charge in [0.15, 0.2) is 0 Å². The molecule has 0 aliphatic rings. The summed E-state index contributed by atoms with van der Waals surface area (Å²) in [5.74, 6) is -1.47. The molecule has 0 heterocycles. The number of carboxylic acids is 1. The van der Waals surface area contributed by atoms with E-state index in [4.69, 9.17) is 5.11 Å². The Morgan fingerprint density at radius 2 is 1.52 bits per heavy atom. The summed E-state index contributed by atoms with van der Waals surface area (Å²) in [4.78, 5) is 11.2. The number of carboxylic acid groups (broad SMARTS) is 1. The molecule has 1 rings (SSSR count). The van der Waals surface area contributed by atoms with Gasteiger partial charge in [-0.15, -0.1) is 0 Å². The summed E-state index contributed by atoms with van der Waals surface area (Å²) in [6.45, 7) is 4.38. The molecule has 0 radical (unpaired) electrons. The predicted octanol–water partition coefficient (Wildman–Crippen LogP) is 4.85. The van der Waals surface area contributed by atoms with E-state index in [1.54, 1.807) is 0 Å². The molecule has 0 amide bonds. The lowest BCUT2D eigenvalue weighted by atomic mass is 9.78. The van der Waals surface area contributed by atoms with E-state index in [1.807, 2.05) is 0 Å². The van der Waals surface area contributed by atoms with Crippen LogP contribution in [-0.2, 0) is 5.41 Å². The van der Waals surface area contributed by atoms with Crippen molar-refractivity contribution in [2.24, 2.45) is 0 Å². The minimum absolute atomic E-state index is 0.280. The Bertz CT molecular complexity index is 590. The summed E-state index contributed by atoms with van der Waals surface area (Å²) in [6, 6.07) is 2.97. The number of alkyl halides is 3. The fraction of sp³-hybridized carbons (Fsp3) is 0.357. The molecule has 0 bridgehead atoms. The third-order valence-corrected chi connectivity index (χ3v) is 2.79. The second kappa shape index (κ2) is 5.46. The van der Waals surface area contributed by atoms with Gasteiger partial charge in [-0.05, 0) is 22.6 Å². The second-order valence-electron chi connectivity index (χ2n) is 5.42. The number of allylic oxidation sites excluding steroid dienone is 1. The first kappa shape index (κ1) is 17.1. The quantitative estimate of drug-likeness (QED) is 0.793. The fourth-order valence-electron chi connectivity index (χ4n) is 2.11. The number of hydrogen-bond donors (Lipinski definition) is 1. The van der Waals surface area contributed by atoms with Gasteiger partial charge in [0.1, 0.15) is 5.57 Å². The number of hydrogen-bond acceptors (Lipinski definition) is 1. The van der Waals surface area contributed by atoms with Crippen molar-refractivity contribution >= 4 is 11.5 Å². The summed E-state index contributed by atoms with van der Waals surface area (Å²) >= 11 is 0. The van der Waals surface area contributed by atoms with Crippen LogP contribution in [0.15, 0.2) is 24.3 Å². The van der Waals surface area contributed by atoms with Crippen LogP contribution >= 0.6 is 0 Å². The highest BCUT2D eigenvalue weighted by atomic mass is 19.4. The third-order valence-electron chi connectivity index (χ3n) is 2.79. The lowest BCUT2D eigenvalue weighted by Gasteiger charge is -2.26. The van der Waals surface area contributed by atoms with Crippen LogP contribution < -0.4 is 0 Å². The third kappa shape index (κ3) is 3.59. The molecule has 2 nitrogen and oxygen atoms in total. The number of carbonyl (C=O) groups is 1. The minimum Gasteiger partial charge on any atom is -0.478 e. The highest BCUT2D eigenvalue weighted by molar-refractivity contribution is 5.92. The van der Waals surface area contributed by atoms with Crippen LogP contribution in [0.3, 0.4) is 0 Å². The van der Waals surface area contributed by atoms with Crippen LogP contribution in [0, 0.1) is 0 Å². The summed E-state index contributed by atoms with van der Waals surface area (Å²) in [7, 11) is 0. The van der Waals surface area contributed by atoms with Crippen LogP contribution in [0.25, 0.3) is 5.57 Å². The van der Waals surface area contributed by atoms with Crippen molar-refractivity contribution in [3.8, 4) is 0 Å². The predicted molar refractivity (Wildman–Crippen MR) is 67.3 cm³/mol. The lowest BCUT2D eigenvalue weighted by molar-refractivity contribution is -0.0712. The molecule has 0 aliphatic carbocycles. The van der Waals surface area contributed by atoms with Crippen molar-refractivity contribution in [3.05, 3.63) is 41.0 Å². The zero-order chi connectivity index (χ0) is 16.6. The van der Waals surface area contributed by atoms with E-state index in [0.29, 0.717) is 0 Å². The van der Waals surface area contributed by atoms with Gasteiger partial charge in [0.2, 0.25) is 0 Å². The maximum Gasteiger partial charge on any atom is 0.422 e. The molecule has 0 atom stereocenters. The molecular formula is C14H13F5O2. The van der Waals surface area contributed by atoms with E-state index in [2.05, 4.69) is 0 Å². The molecule has 0 aromatic heterocycles. The van der Waals surface area contributed by atoms with E-state index in [9.17, 15) is 26.7 Å². The molecular weight excluding hydrogens is 295 g/mol. The van der Waals surface area contributed by atoms with Crippen molar-refractivity contribution < 1.29 is 31.9 Å². The van der Waals surface area contributed by atoms with Crippen LogP contribution in [0.1, 0.15) is 42.3 Å². The largest absolute Gasteiger partial charge is 0.478 e. The summed E-state index contributed by atoms with van der Waals surface area (Å²) in [6.07, 6.45) is -8.17. The van der Waals surface area contributed by atoms with Crippen molar-refractivity contribution in [1.82, 2.24) is 0 Å². The van der Waals surface area contributed by atoms with Crippen molar-refractivity contribution in [2.45, 2.75) is 32.4 Å². The molecule has 0 spiro atoms. The number of aromatic carboxylic acids is 1. The lowest BCUT2D eigenvalue weighted by Crippen LogP contribution is -2.22. The normalized spacial score (nSPS) is 12.2. The van der Waals surface area contributed by atoms with Gasteiger partial charge in [0.25, 0.3) is 6.08 Å². The van der Waals surface area contributed by atoms with Gasteiger partial charge < -0.3 is 5.11 Å². The standard InChI is InChI=1S/C14H13F5O2/c1-13(2,3)9-7(5-4-6-8(9)12(20)21)10(11(15)16)14(17,18)19/h4-6H,1-3H3,(H,20,21). The van der Waals surface area contributed by atoms with Gasteiger partial charge in [-0.1, -0.05) is 32.9 Å². The highest BCUT2D eigenvalue weighted by Gasteiger charge is 2.42. The summed E-state index contributed by atoms with van der Waals surface area (Å²) in [5.41, 5.74) is -4.68. The van der Waals surface area contributed by atoms with Gasteiger partial charge in [0, 0.05) is 0 Å². The molecule has 0 saturated heterocycles. The van der Waals surface area contributed by atoms with Crippen LogP contribution in [0.5, 0.6) is 0 Å². The molecule has 116 valence electrons. The van der Waals surface area contributed by atoms with Gasteiger partial charge in [0.05, 0.1) is 5.56 Å². The SMILES string of the molecule is CC(C)(C)c1c(C(=O)O)cccc1C(=C(F)F)C(F)(F)F. The van der Waals surface area contributed by atoms with E-state index < -0.39 is 40.3 Å². The summed E-state index contributed by atoms with van der Waals surface area (Å²) < 4.78 is 64.2. The Labute approximate surface area is 117 Å². The van der Waals surface area contributed by atoms with E-state index in [0.717, 1.165) is 18.2 Å². The number of benzene rings is 1. The number of rotatable bonds is 2. The van der Waals surface area contributed by atoms with Crippen molar-refractivity contribution in [1.29, 1.82) is 0 Å². The Kier molecular flexibility index (Phi) is 4.45. The first-order chi connectivity index (χ1) is 9.37. The summed E-state index contributed by atoms with van der Waals surface area (Å²) in [5, 5.41) is 9.09. The molecule has 0 aliphatic heterocycles. The monoisotopic (exact) mass is 308 g/mol. The molecule has 0 unspecified atom stereocenters. The molecule has 1 N–H and O–H groups in total. The van der Waals surface area contributed by atoms with E-state index in [1.165, 1.54) is 20.8 Å². The zero-order valence-electron chi connectivity index (χ0n) is 11.5. The maximum atomic E-state index is 12.9. The molecule has 0 saturated carbocycles. The van der Waals surface area contributed by atoms with Crippen LogP contribution in [0.4, 0.5) is 22.0 Å². The molecule has 21 heavy (non-hydrogen) atoms. The van der Waals surface area contributed by atoms with Gasteiger partial charge >= 0.3 is 12.1 Å². The average Bonchev–Trinajstić information content (AvgIpc) is 2.24. The average molecular weight is 308 g/mol. The topological polar surface area (TPSA) is 37.3 Å². The van der Waals surface area contributed by atoms with Gasteiger partial charge in [-0.3, -0.25) is 0 Å². The zero-order valence-corrected chi connectivity index (χ0v) is 11.5. The first-order valence-electron chi connectivity index (χ1n) is 5.87. The molecule has 0 fully saturated rings. The van der Waals surface area contributed by atoms with E-state index >= 15 is 0 Å². The van der Waals surface area contributed by atoms with Gasteiger partial charge in [-0.25, -0.2) is 4.79 Å². The molecule has 7 heteroatoms. The van der Waals surface area contributed by atoms with Crippen LogP contribution in [0.2, 0.25) is 0 Å². The molecule has 1 aromatic rings.